The minimum atomic E-state index is -4.96. The second-order valence-corrected chi connectivity index (χ2v) is 12.2. The van der Waals surface area contributed by atoms with Crippen molar-refractivity contribution in [2.75, 3.05) is 11.0 Å². The molecular formula is C13H12N4O11S4. The maximum Gasteiger partial charge on any atom is 0.296 e. The van der Waals surface area contributed by atoms with Crippen molar-refractivity contribution in [3.05, 3.63) is 30.3 Å². The van der Waals surface area contributed by atoms with Crippen LogP contribution in [-0.4, -0.2) is 68.6 Å². The van der Waals surface area contributed by atoms with Crippen LogP contribution in [0.1, 0.15) is 0 Å². The Balaban J connectivity index is 2.36. The molecule has 0 amide bonds. The monoisotopic (exact) mass is 528 g/mol. The Morgan fingerprint density at radius 2 is 1.28 bits per heavy atom. The summed E-state index contributed by atoms with van der Waals surface area (Å²) in [5, 5.41) is 7.63. The molecule has 0 atom stereocenters. The molecule has 0 saturated carbocycles. The highest BCUT2D eigenvalue weighted by atomic mass is 32.2. The molecule has 1 aromatic heterocycles. The predicted octanol–water partition coefficient (Wildman–Crippen LogP) is -0.468. The molecule has 0 aliphatic rings. The second-order valence-electron chi connectivity index (χ2n) is 6.26. The van der Waals surface area contributed by atoms with E-state index in [4.69, 9.17) is 0 Å². The van der Waals surface area contributed by atoms with E-state index < -0.39 is 66.4 Å². The van der Waals surface area contributed by atoms with E-state index in [1.165, 1.54) is 0 Å². The lowest BCUT2D eigenvalue weighted by atomic mass is 10.3. The van der Waals surface area contributed by atoms with Crippen molar-refractivity contribution in [3.8, 4) is 5.69 Å². The number of anilines is 1. The van der Waals surface area contributed by atoms with Crippen molar-refractivity contribution in [2.45, 2.75) is 14.7 Å². The first kappa shape index (κ1) is 24.0. The van der Waals surface area contributed by atoms with Crippen LogP contribution in [0.25, 0.3) is 16.7 Å². The van der Waals surface area contributed by atoms with Crippen LogP contribution in [0, 0.1) is 0 Å². The van der Waals surface area contributed by atoms with E-state index in [-0.39, 0.29) is 11.0 Å². The van der Waals surface area contributed by atoms with Gasteiger partial charge >= 0.3 is 0 Å². The second kappa shape index (κ2) is 7.43. The quantitative estimate of drug-likeness (QED) is 0.296. The highest BCUT2D eigenvalue weighted by molar-refractivity contribution is 7.92. The van der Waals surface area contributed by atoms with Crippen LogP contribution in [0.4, 0.5) is 5.69 Å². The molecule has 2 aromatic carbocycles. The van der Waals surface area contributed by atoms with E-state index >= 15 is 0 Å². The summed E-state index contributed by atoms with van der Waals surface area (Å²) in [6.45, 7) is 0. The van der Waals surface area contributed by atoms with Crippen LogP contribution in [0.3, 0.4) is 0 Å². The van der Waals surface area contributed by atoms with Gasteiger partial charge in [-0.3, -0.25) is 18.4 Å². The Hall–Kier alpha value is -2.68. The van der Waals surface area contributed by atoms with Gasteiger partial charge in [0.2, 0.25) is 10.0 Å². The van der Waals surface area contributed by atoms with E-state index in [9.17, 15) is 47.3 Å². The van der Waals surface area contributed by atoms with Crippen molar-refractivity contribution in [1.82, 2.24) is 15.0 Å². The van der Waals surface area contributed by atoms with Gasteiger partial charge in [-0.05, 0) is 30.3 Å². The van der Waals surface area contributed by atoms with Gasteiger partial charge in [0.15, 0.2) is 0 Å². The van der Waals surface area contributed by atoms with E-state index in [2.05, 4.69) is 10.2 Å². The van der Waals surface area contributed by atoms with Crippen molar-refractivity contribution < 1.29 is 47.3 Å². The molecule has 0 aliphatic heterocycles. The van der Waals surface area contributed by atoms with Crippen LogP contribution in [0.5, 0.6) is 0 Å². The van der Waals surface area contributed by atoms with E-state index in [1.54, 1.807) is 0 Å². The lowest BCUT2D eigenvalue weighted by Gasteiger charge is -2.07. The molecule has 3 aromatic rings. The Kier molecular flexibility index (Phi) is 5.57. The van der Waals surface area contributed by atoms with Crippen molar-refractivity contribution in [1.29, 1.82) is 0 Å². The number of nitrogens with one attached hydrogen (secondary N) is 1. The molecular weight excluding hydrogens is 516 g/mol. The first-order valence-electron chi connectivity index (χ1n) is 7.82. The maximum atomic E-state index is 11.7. The Bertz CT molecular complexity index is 1690. The summed E-state index contributed by atoms with van der Waals surface area (Å²) < 4.78 is 122. The molecule has 0 aliphatic carbocycles. The molecule has 15 nitrogen and oxygen atoms in total. The standard InChI is InChI=1S/C13H12N4O11S4/c1-29(18,19)16-10-5-8-9(6-13(10)32(26,27)28)15-17(14-8)11-4-7(30(20,21)22)2-3-12(11)31(23,24)25/h2-6,16H,1H3,(H,20,21,22)(H,23,24,25)(H,26,27,28). The molecule has 0 saturated heterocycles. The maximum absolute atomic E-state index is 11.7. The summed E-state index contributed by atoms with van der Waals surface area (Å²) >= 11 is 0. The van der Waals surface area contributed by atoms with Crippen LogP contribution in [0.2, 0.25) is 0 Å². The van der Waals surface area contributed by atoms with Gasteiger partial charge in [-0.1, -0.05) is 0 Å². The van der Waals surface area contributed by atoms with Gasteiger partial charge in [0.25, 0.3) is 30.4 Å². The van der Waals surface area contributed by atoms with E-state index in [1.807, 2.05) is 4.72 Å². The summed E-state index contributed by atoms with van der Waals surface area (Å²) in [7, 11) is -18.7. The molecule has 0 spiro atoms. The third-order valence-corrected chi connectivity index (χ3v) is 7.01. The van der Waals surface area contributed by atoms with Gasteiger partial charge in [0.05, 0.1) is 16.8 Å². The number of nitrogens with zero attached hydrogens (tertiary/aromatic N) is 3. The Labute approximate surface area is 181 Å². The Morgan fingerprint density at radius 1 is 0.750 bits per heavy atom. The fourth-order valence-corrected chi connectivity index (χ4v) is 5.00. The molecule has 0 unspecified atom stereocenters. The minimum Gasteiger partial charge on any atom is -0.282 e. The van der Waals surface area contributed by atoms with Gasteiger partial charge in [0, 0.05) is 0 Å². The number of hydrogen-bond acceptors (Lipinski definition) is 10. The predicted molar refractivity (Wildman–Crippen MR) is 107 cm³/mol. The lowest BCUT2D eigenvalue weighted by molar-refractivity contribution is 0.477. The number of rotatable bonds is 6. The number of fused-ring (bicyclic) bond motifs is 1. The van der Waals surface area contributed by atoms with Gasteiger partial charge in [-0.15, -0.1) is 15.0 Å². The highest BCUT2D eigenvalue weighted by Gasteiger charge is 2.24. The zero-order valence-corrected chi connectivity index (χ0v) is 18.7. The smallest absolute Gasteiger partial charge is 0.282 e. The van der Waals surface area contributed by atoms with Crippen molar-refractivity contribution in [2.24, 2.45) is 0 Å². The van der Waals surface area contributed by atoms with E-state index in [0.29, 0.717) is 29.3 Å². The molecule has 4 N–H and O–H groups in total. The van der Waals surface area contributed by atoms with Gasteiger partial charge in [-0.2, -0.15) is 25.3 Å². The zero-order chi connectivity index (χ0) is 24.3. The van der Waals surface area contributed by atoms with Crippen LogP contribution >= 0.6 is 0 Å². The molecule has 174 valence electrons. The average molecular weight is 529 g/mol. The van der Waals surface area contributed by atoms with Crippen LogP contribution < -0.4 is 4.72 Å². The molecule has 19 heteroatoms. The molecule has 0 fully saturated rings. The molecule has 0 bridgehead atoms. The topological polar surface area (TPSA) is 240 Å². The average Bonchev–Trinajstić information content (AvgIpc) is 2.99. The van der Waals surface area contributed by atoms with Crippen LogP contribution in [-0.2, 0) is 40.4 Å². The lowest BCUT2D eigenvalue weighted by Crippen LogP contribution is -2.13. The molecule has 3 rings (SSSR count). The molecule has 0 radical (unpaired) electrons. The first-order chi connectivity index (χ1) is 14.4. The Morgan fingerprint density at radius 3 is 1.75 bits per heavy atom. The third-order valence-electron chi connectivity index (χ3n) is 3.78. The summed E-state index contributed by atoms with van der Waals surface area (Å²) in [4.78, 5) is -2.04. The van der Waals surface area contributed by atoms with Gasteiger partial charge < -0.3 is 0 Å². The van der Waals surface area contributed by atoms with Gasteiger partial charge in [-0.25, -0.2) is 8.42 Å². The summed E-state index contributed by atoms with van der Waals surface area (Å²) in [5.74, 6) is 0. The fraction of sp³-hybridized carbons (Fsp3) is 0.0769. The minimum absolute atomic E-state index is 0.220. The molecule has 1 heterocycles. The normalized spacial score (nSPS) is 13.4. The summed E-state index contributed by atoms with van der Waals surface area (Å²) in [5.41, 5.74) is -1.77. The summed E-state index contributed by atoms with van der Waals surface area (Å²) in [6.07, 6.45) is 0.709. The van der Waals surface area contributed by atoms with E-state index in [0.717, 1.165) is 12.1 Å². The van der Waals surface area contributed by atoms with Crippen molar-refractivity contribution >= 4 is 57.1 Å². The van der Waals surface area contributed by atoms with Crippen LogP contribution in [0.15, 0.2) is 45.0 Å². The third kappa shape index (κ3) is 5.03. The zero-order valence-electron chi connectivity index (χ0n) is 15.5. The molecule has 32 heavy (non-hydrogen) atoms. The number of benzene rings is 2. The SMILES string of the molecule is CS(=O)(=O)Nc1cc2nn(-c3cc(S(=O)(=O)O)ccc3S(=O)(=O)O)nc2cc1S(=O)(=O)O. The summed E-state index contributed by atoms with van der Waals surface area (Å²) in [6, 6.07) is 3.55. The fourth-order valence-electron chi connectivity index (χ4n) is 2.58. The van der Waals surface area contributed by atoms with Gasteiger partial charge in [0.1, 0.15) is 26.5 Å². The highest BCUT2D eigenvalue weighted by Crippen LogP contribution is 2.29. The number of aromatic nitrogens is 3. The first-order valence-corrected chi connectivity index (χ1v) is 14.0. The number of hydrogen-bond donors (Lipinski definition) is 4. The number of sulfonamides is 1. The largest absolute Gasteiger partial charge is 0.296 e. The van der Waals surface area contributed by atoms with Crippen molar-refractivity contribution in [3.63, 3.8) is 0 Å².